The zero-order chi connectivity index (χ0) is 6.53. The smallest absolute Gasteiger partial charge is 0.0571 e. The van der Waals surface area contributed by atoms with Crippen LogP contribution < -0.4 is 10.6 Å². The van der Waals surface area contributed by atoms with Gasteiger partial charge in [0.15, 0.2) is 0 Å². The molecule has 2 heteroatoms. The number of hydrogen-bond donors (Lipinski definition) is 2. The normalized spacial score (nSPS) is 22.3. The van der Waals surface area contributed by atoms with Crippen molar-refractivity contribution in [3.8, 4) is 0 Å². The van der Waals surface area contributed by atoms with Crippen molar-refractivity contribution < 1.29 is 0 Å². The summed E-state index contributed by atoms with van der Waals surface area (Å²) in [6.07, 6.45) is 4.41. The van der Waals surface area contributed by atoms with Crippen molar-refractivity contribution in [2.24, 2.45) is 0 Å². The van der Waals surface area contributed by atoms with E-state index >= 15 is 0 Å². The van der Waals surface area contributed by atoms with E-state index < -0.39 is 0 Å². The molecule has 0 atom stereocenters. The van der Waals surface area contributed by atoms with E-state index in [1.807, 2.05) is 0 Å². The second-order valence-electron chi connectivity index (χ2n) is 2.60. The van der Waals surface area contributed by atoms with Crippen molar-refractivity contribution in [1.29, 1.82) is 0 Å². The Morgan fingerprint density at radius 3 is 2.56 bits per heavy atom. The van der Waals surface area contributed by atoms with Crippen LogP contribution in [0.2, 0.25) is 0 Å². The van der Waals surface area contributed by atoms with Gasteiger partial charge in [-0.1, -0.05) is 13.3 Å². The van der Waals surface area contributed by atoms with Gasteiger partial charge in [-0.05, 0) is 25.9 Å². The molecule has 0 aromatic rings. The minimum Gasteiger partial charge on any atom is -0.302 e. The molecule has 1 aliphatic heterocycles. The SMILES string of the molecule is CCCC1NCCCN1. The van der Waals surface area contributed by atoms with Crippen LogP contribution in [-0.4, -0.2) is 19.3 Å². The summed E-state index contributed by atoms with van der Waals surface area (Å²) in [6.45, 7) is 4.60. The molecule has 1 fully saturated rings. The van der Waals surface area contributed by atoms with Gasteiger partial charge < -0.3 is 10.6 Å². The topological polar surface area (TPSA) is 24.1 Å². The van der Waals surface area contributed by atoms with Gasteiger partial charge >= 0.3 is 0 Å². The van der Waals surface area contributed by atoms with Gasteiger partial charge in [-0.2, -0.15) is 0 Å². The van der Waals surface area contributed by atoms with Crippen LogP contribution in [0.4, 0.5) is 0 Å². The highest BCUT2D eigenvalue weighted by Gasteiger charge is 2.08. The minimum atomic E-state index is 0.601. The number of rotatable bonds is 2. The van der Waals surface area contributed by atoms with E-state index in [4.69, 9.17) is 0 Å². The summed E-state index contributed by atoms with van der Waals surface area (Å²) in [5, 5.41) is 6.82. The van der Waals surface area contributed by atoms with Gasteiger partial charge in [0.25, 0.3) is 0 Å². The molecule has 0 aromatic heterocycles. The van der Waals surface area contributed by atoms with E-state index in [9.17, 15) is 0 Å². The molecule has 0 spiro atoms. The fourth-order valence-corrected chi connectivity index (χ4v) is 1.21. The quantitative estimate of drug-likeness (QED) is 0.572. The molecule has 1 heterocycles. The van der Waals surface area contributed by atoms with Gasteiger partial charge in [-0.25, -0.2) is 0 Å². The van der Waals surface area contributed by atoms with Crippen LogP contribution in [0.25, 0.3) is 0 Å². The highest BCUT2D eigenvalue weighted by Crippen LogP contribution is 1.96. The third kappa shape index (κ3) is 2.33. The van der Waals surface area contributed by atoms with Crippen LogP contribution in [0.3, 0.4) is 0 Å². The highest BCUT2D eigenvalue weighted by molar-refractivity contribution is 4.68. The maximum atomic E-state index is 3.41. The first-order valence-electron chi connectivity index (χ1n) is 3.90. The molecule has 0 amide bonds. The predicted molar refractivity (Wildman–Crippen MR) is 39.3 cm³/mol. The summed E-state index contributed by atoms with van der Waals surface area (Å²) in [6, 6.07) is 0. The van der Waals surface area contributed by atoms with E-state index in [2.05, 4.69) is 17.6 Å². The molecule has 54 valence electrons. The lowest BCUT2D eigenvalue weighted by Gasteiger charge is -2.24. The van der Waals surface area contributed by atoms with Crippen LogP contribution >= 0.6 is 0 Å². The van der Waals surface area contributed by atoms with Crippen LogP contribution in [0.1, 0.15) is 26.2 Å². The van der Waals surface area contributed by atoms with Crippen LogP contribution in [0, 0.1) is 0 Å². The van der Waals surface area contributed by atoms with Crippen LogP contribution in [0.15, 0.2) is 0 Å². The second-order valence-corrected chi connectivity index (χ2v) is 2.60. The molecule has 9 heavy (non-hydrogen) atoms. The second kappa shape index (κ2) is 3.85. The lowest BCUT2D eigenvalue weighted by atomic mass is 10.2. The van der Waals surface area contributed by atoms with Crippen molar-refractivity contribution in [2.75, 3.05) is 13.1 Å². The lowest BCUT2D eigenvalue weighted by Crippen LogP contribution is -2.48. The molecular weight excluding hydrogens is 112 g/mol. The van der Waals surface area contributed by atoms with Crippen molar-refractivity contribution in [3.05, 3.63) is 0 Å². The summed E-state index contributed by atoms with van der Waals surface area (Å²) in [4.78, 5) is 0. The number of hydrogen-bond acceptors (Lipinski definition) is 2. The fraction of sp³-hybridized carbons (Fsp3) is 1.00. The Balaban J connectivity index is 2.08. The van der Waals surface area contributed by atoms with Gasteiger partial charge in [-0.15, -0.1) is 0 Å². The van der Waals surface area contributed by atoms with Gasteiger partial charge in [0, 0.05) is 0 Å². The molecule has 0 aliphatic carbocycles. The third-order valence-corrected chi connectivity index (χ3v) is 1.71. The Kier molecular flexibility index (Phi) is 3.01. The van der Waals surface area contributed by atoms with E-state index in [-0.39, 0.29) is 0 Å². The van der Waals surface area contributed by atoms with Crippen LogP contribution in [0.5, 0.6) is 0 Å². The van der Waals surface area contributed by atoms with Gasteiger partial charge in [0.1, 0.15) is 0 Å². The molecule has 2 nitrogen and oxygen atoms in total. The monoisotopic (exact) mass is 128 g/mol. The highest BCUT2D eigenvalue weighted by atomic mass is 15.1. The molecule has 0 saturated carbocycles. The first-order valence-corrected chi connectivity index (χ1v) is 3.90. The standard InChI is InChI=1S/C7H16N2/c1-2-4-7-8-5-3-6-9-7/h7-9H,2-6H2,1H3. The maximum Gasteiger partial charge on any atom is 0.0571 e. The van der Waals surface area contributed by atoms with E-state index in [0.29, 0.717) is 6.17 Å². The molecular formula is C7H16N2. The summed E-state index contributed by atoms with van der Waals surface area (Å²) < 4.78 is 0. The Morgan fingerprint density at radius 2 is 2.00 bits per heavy atom. The minimum absolute atomic E-state index is 0.601. The van der Waals surface area contributed by atoms with Crippen LogP contribution in [-0.2, 0) is 0 Å². The molecule has 0 aromatic carbocycles. The van der Waals surface area contributed by atoms with Crippen molar-refractivity contribution >= 4 is 0 Å². The first kappa shape index (κ1) is 7.03. The molecule has 1 saturated heterocycles. The van der Waals surface area contributed by atoms with Gasteiger partial charge in [0.05, 0.1) is 6.17 Å². The molecule has 2 N–H and O–H groups in total. The van der Waals surface area contributed by atoms with E-state index in [0.717, 1.165) is 0 Å². The predicted octanol–water partition coefficient (Wildman–Crippen LogP) is 0.696. The maximum absolute atomic E-state index is 3.41. The van der Waals surface area contributed by atoms with E-state index in [1.54, 1.807) is 0 Å². The molecule has 0 unspecified atom stereocenters. The zero-order valence-corrected chi connectivity index (χ0v) is 6.11. The molecule has 0 bridgehead atoms. The molecule has 0 radical (unpaired) electrons. The summed E-state index contributed by atoms with van der Waals surface area (Å²) in [5.41, 5.74) is 0. The average Bonchev–Trinajstić information content (AvgIpc) is 1.91. The van der Waals surface area contributed by atoms with Crippen molar-refractivity contribution in [1.82, 2.24) is 10.6 Å². The lowest BCUT2D eigenvalue weighted by molar-refractivity contribution is 0.349. The largest absolute Gasteiger partial charge is 0.302 e. The fourth-order valence-electron chi connectivity index (χ4n) is 1.21. The Morgan fingerprint density at radius 1 is 1.33 bits per heavy atom. The summed E-state index contributed by atoms with van der Waals surface area (Å²) in [5.74, 6) is 0. The van der Waals surface area contributed by atoms with E-state index in [1.165, 1.54) is 32.4 Å². The van der Waals surface area contributed by atoms with Crippen molar-refractivity contribution in [2.45, 2.75) is 32.4 Å². The summed E-state index contributed by atoms with van der Waals surface area (Å²) in [7, 11) is 0. The van der Waals surface area contributed by atoms with Crippen molar-refractivity contribution in [3.63, 3.8) is 0 Å². The van der Waals surface area contributed by atoms with Gasteiger partial charge in [0.2, 0.25) is 0 Å². The Labute approximate surface area is 57.0 Å². The third-order valence-electron chi connectivity index (χ3n) is 1.71. The Bertz CT molecular complexity index is 64.6. The molecule has 1 aliphatic rings. The average molecular weight is 128 g/mol. The van der Waals surface area contributed by atoms with Gasteiger partial charge in [-0.3, -0.25) is 0 Å². The zero-order valence-electron chi connectivity index (χ0n) is 6.11. The Hall–Kier alpha value is -0.0800. The molecule has 1 rings (SSSR count). The first-order chi connectivity index (χ1) is 4.43. The number of nitrogens with one attached hydrogen (secondary N) is 2. The summed E-state index contributed by atoms with van der Waals surface area (Å²) >= 11 is 0.